The Hall–Kier alpha value is -2.87. The first-order valence-corrected chi connectivity index (χ1v) is 12.2. The molecule has 4 rings (SSSR count). The van der Waals surface area contributed by atoms with E-state index < -0.39 is 11.8 Å². The number of likely N-dealkylation sites (N-methyl/N-ethyl adjacent to an activating group) is 1. The van der Waals surface area contributed by atoms with E-state index >= 15 is 0 Å². The number of nitrogens with one attached hydrogen (secondary N) is 1. The van der Waals surface area contributed by atoms with Gasteiger partial charge in [-0.1, -0.05) is 29.3 Å². The highest BCUT2D eigenvalue weighted by Gasteiger charge is 2.36. The lowest BCUT2D eigenvalue weighted by Crippen LogP contribution is -2.54. The van der Waals surface area contributed by atoms with E-state index in [0.717, 1.165) is 23.4 Å². The van der Waals surface area contributed by atoms with E-state index in [-0.39, 0.29) is 21.2 Å². The summed E-state index contributed by atoms with van der Waals surface area (Å²) in [6.07, 6.45) is 3.75. The summed E-state index contributed by atoms with van der Waals surface area (Å²) in [7, 11) is 1.57. The van der Waals surface area contributed by atoms with E-state index in [1.165, 1.54) is 17.0 Å². The normalized spacial score (nSPS) is 18.4. The smallest absolute Gasteiger partial charge is 0.270 e. The minimum atomic E-state index is -0.584. The molecule has 2 aromatic rings. The Kier molecular flexibility index (Phi) is 6.70. The number of hydrogen-bond donors (Lipinski definition) is 1. The van der Waals surface area contributed by atoms with Crippen molar-refractivity contribution in [2.75, 3.05) is 23.5 Å². The van der Waals surface area contributed by atoms with E-state index in [1.54, 1.807) is 19.2 Å². The molecule has 35 heavy (non-hydrogen) atoms. The van der Waals surface area contributed by atoms with Gasteiger partial charge in [0.2, 0.25) is 0 Å². The molecule has 6 nitrogen and oxygen atoms in total. The highest BCUT2D eigenvalue weighted by atomic mass is 35.5. The fourth-order valence-corrected chi connectivity index (χ4v) is 5.23. The standard InChI is InChI=1S/C26H25Cl2N3O3S/c1-6-30-21-12-22(34-5)15(9-17(21)14(2)13-26(30,3)4)10-18-23(32)29-25(35)31(24(18)33)16-7-8-19(27)20(28)11-16/h7-13H,6H2,1-5H3,(H,29,32,35)/b18-10-. The third kappa shape index (κ3) is 4.44. The zero-order chi connectivity index (χ0) is 25.7. The first-order chi connectivity index (χ1) is 16.5. The number of thiocarbonyl (C=S) groups is 1. The van der Waals surface area contributed by atoms with E-state index in [4.69, 9.17) is 40.2 Å². The van der Waals surface area contributed by atoms with Crippen molar-refractivity contribution in [1.29, 1.82) is 0 Å². The van der Waals surface area contributed by atoms with Crippen LogP contribution in [0.3, 0.4) is 0 Å². The number of amides is 2. The average molecular weight is 530 g/mol. The van der Waals surface area contributed by atoms with Crippen LogP contribution in [0, 0.1) is 0 Å². The van der Waals surface area contributed by atoms with Crippen LogP contribution in [-0.2, 0) is 9.59 Å². The first kappa shape index (κ1) is 25.2. The Morgan fingerprint density at radius 3 is 2.49 bits per heavy atom. The molecule has 2 aliphatic rings. The summed E-state index contributed by atoms with van der Waals surface area (Å²) in [6, 6.07) is 8.61. The van der Waals surface area contributed by atoms with Gasteiger partial charge in [0.15, 0.2) is 5.11 Å². The van der Waals surface area contributed by atoms with Gasteiger partial charge in [-0.2, -0.15) is 0 Å². The number of allylic oxidation sites excluding steroid dienone is 1. The molecule has 0 aromatic heterocycles. The molecule has 1 saturated heterocycles. The lowest BCUT2D eigenvalue weighted by atomic mass is 9.87. The quantitative estimate of drug-likeness (QED) is 0.305. The molecule has 0 atom stereocenters. The molecule has 0 aliphatic carbocycles. The van der Waals surface area contributed by atoms with Crippen LogP contribution >= 0.6 is 35.4 Å². The lowest BCUT2D eigenvalue weighted by Gasteiger charge is -2.43. The number of benzene rings is 2. The molecular formula is C26H25Cl2N3O3S. The number of halogens is 2. The SMILES string of the molecule is CCN1c2cc(OC)c(/C=C3/C(=O)NC(=S)N(c4ccc(Cl)c(Cl)c4)C3=O)cc2C(C)=CC1(C)C. The highest BCUT2D eigenvalue weighted by molar-refractivity contribution is 7.80. The number of ether oxygens (including phenoxy) is 1. The molecule has 2 heterocycles. The summed E-state index contributed by atoms with van der Waals surface area (Å²) in [5.74, 6) is -0.602. The Morgan fingerprint density at radius 1 is 1.14 bits per heavy atom. The van der Waals surface area contributed by atoms with Crippen molar-refractivity contribution in [3.05, 3.63) is 63.2 Å². The molecule has 1 fully saturated rings. The molecule has 9 heteroatoms. The number of hydrogen-bond acceptors (Lipinski definition) is 5. The number of fused-ring (bicyclic) bond motifs is 1. The average Bonchev–Trinajstić information content (AvgIpc) is 2.78. The number of anilines is 2. The van der Waals surface area contributed by atoms with Crippen molar-refractivity contribution in [3.63, 3.8) is 0 Å². The summed E-state index contributed by atoms with van der Waals surface area (Å²) < 4.78 is 5.68. The van der Waals surface area contributed by atoms with Gasteiger partial charge in [-0.15, -0.1) is 0 Å². The van der Waals surface area contributed by atoms with Gasteiger partial charge in [-0.3, -0.25) is 19.8 Å². The first-order valence-electron chi connectivity index (χ1n) is 11.0. The molecule has 2 aliphatic heterocycles. The van der Waals surface area contributed by atoms with E-state index in [2.05, 4.69) is 44.0 Å². The maximum absolute atomic E-state index is 13.5. The largest absolute Gasteiger partial charge is 0.496 e. The zero-order valence-electron chi connectivity index (χ0n) is 20.0. The third-order valence-corrected chi connectivity index (χ3v) is 7.23. The summed E-state index contributed by atoms with van der Waals surface area (Å²) >= 11 is 17.4. The monoisotopic (exact) mass is 529 g/mol. The number of carbonyl (C=O) groups is 2. The summed E-state index contributed by atoms with van der Waals surface area (Å²) in [4.78, 5) is 29.8. The van der Waals surface area contributed by atoms with Gasteiger partial charge in [0.25, 0.3) is 11.8 Å². The van der Waals surface area contributed by atoms with E-state index in [1.807, 2.05) is 12.1 Å². The predicted molar refractivity (Wildman–Crippen MR) is 146 cm³/mol. The van der Waals surface area contributed by atoms with Crippen molar-refractivity contribution in [3.8, 4) is 5.75 Å². The van der Waals surface area contributed by atoms with Crippen molar-refractivity contribution in [2.24, 2.45) is 0 Å². The molecule has 0 bridgehead atoms. The minimum Gasteiger partial charge on any atom is -0.496 e. The molecule has 2 aromatic carbocycles. The second kappa shape index (κ2) is 9.30. The topological polar surface area (TPSA) is 61.9 Å². The molecule has 2 amide bonds. The molecule has 0 unspecified atom stereocenters. The molecule has 0 spiro atoms. The van der Waals surface area contributed by atoms with Crippen LogP contribution in [0.15, 0.2) is 42.0 Å². The van der Waals surface area contributed by atoms with Gasteiger partial charge >= 0.3 is 0 Å². The van der Waals surface area contributed by atoms with Crippen LogP contribution in [-0.4, -0.2) is 36.1 Å². The van der Waals surface area contributed by atoms with Gasteiger partial charge in [0.05, 0.1) is 28.4 Å². The summed E-state index contributed by atoms with van der Waals surface area (Å²) in [5.41, 5.74) is 3.93. The molecule has 182 valence electrons. The highest BCUT2D eigenvalue weighted by Crippen LogP contribution is 2.42. The van der Waals surface area contributed by atoms with Crippen LogP contribution in [0.1, 0.15) is 38.8 Å². The second-order valence-corrected chi connectivity index (χ2v) is 10.1. The van der Waals surface area contributed by atoms with Crippen molar-refractivity contribution < 1.29 is 14.3 Å². The van der Waals surface area contributed by atoms with Gasteiger partial charge in [-0.05, 0) is 75.8 Å². The van der Waals surface area contributed by atoms with Crippen molar-refractivity contribution >= 4 is 75.4 Å². The Morgan fingerprint density at radius 2 is 1.86 bits per heavy atom. The maximum Gasteiger partial charge on any atom is 0.270 e. The number of rotatable bonds is 4. The Bertz CT molecular complexity index is 1330. The van der Waals surface area contributed by atoms with E-state index in [9.17, 15) is 9.59 Å². The summed E-state index contributed by atoms with van der Waals surface area (Å²) in [5, 5.41) is 3.17. The third-order valence-electron chi connectivity index (χ3n) is 6.21. The maximum atomic E-state index is 13.5. The minimum absolute atomic E-state index is 0.0347. The van der Waals surface area contributed by atoms with Gasteiger partial charge in [0.1, 0.15) is 11.3 Å². The Labute approximate surface area is 220 Å². The van der Waals surface area contributed by atoms with Crippen LogP contribution < -0.4 is 19.9 Å². The zero-order valence-corrected chi connectivity index (χ0v) is 22.4. The number of nitrogens with zero attached hydrogens (tertiary/aromatic N) is 2. The van der Waals surface area contributed by atoms with Crippen LogP contribution in [0.25, 0.3) is 11.6 Å². The fourth-order valence-electron chi connectivity index (χ4n) is 4.66. The van der Waals surface area contributed by atoms with Crippen LogP contribution in [0.2, 0.25) is 10.0 Å². The molecule has 0 saturated carbocycles. The van der Waals surface area contributed by atoms with Gasteiger partial charge in [0, 0.05) is 29.4 Å². The van der Waals surface area contributed by atoms with Crippen molar-refractivity contribution in [2.45, 2.75) is 33.2 Å². The van der Waals surface area contributed by atoms with Gasteiger partial charge in [-0.25, -0.2) is 0 Å². The van der Waals surface area contributed by atoms with Crippen LogP contribution in [0.4, 0.5) is 11.4 Å². The van der Waals surface area contributed by atoms with E-state index in [0.29, 0.717) is 22.0 Å². The van der Waals surface area contributed by atoms with Crippen LogP contribution in [0.5, 0.6) is 5.75 Å². The van der Waals surface area contributed by atoms with Crippen molar-refractivity contribution in [1.82, 2.24) is 5.32 Å². The lowest BCUT2D eigenvalue weighted by molar-refractivity contribution is -0.122. The number of methoxy groups -OCH3 is 1. The summed E-state index contributed by atoms with van der Waals surface area (Å²) in [6.45, 7) is 9.30. The fraction of sp³-hybridized carbons (Fsp3) is 0.269. The Balaban J connectivity index is 1.83. The second-order valence-electron chi connectivity index (χ2n) is 8.89. The molecule has 0 radical (unpaired) electrons. The predicted octanol–water partition coefficient (Wildman–Crippen LogP) is 5.86. The van der Waals surface area contributed by atoms with Gasteiger partial charge < -0.3 is 9.64 Å². The molecular weight excluding hydrogens is 505 g/mol. The molecule has 1 N–H and O–H groups in total. The number of carbonyl (C=O) groups excluding carboxylic acids is 2.